The molecule has 0 atom stereocenters. The van der Waals surface area contributed by atoms with Gasteiger partial charge in [0, 0.05) is 19.4 Å². The number of hydrogen-bond acceptors (Lipinski definition) is 2. The van der Waals surface area contributed by atoms with Crippen LogP contribution in [0.15, 0.2) is 24.3 Å². The molecule has 0 aliphatic carbocycles. The van der Waals surface area contributed by atoms with Crippen molar-refractivity contribution in [3.05, 3.63) is 41.2 Å². The van der Waals surface area contributed by atoms with Crippen molar-refractivity contribution >= 4 is 11.3 Å². The average molecular weight is 277 g/mol. The highest BCUT2D eigenvalue weighted by molar-refractivity contribution is 5.98. The zero-order chi connectivity index (χ0) is 15.0. The predicted molar refractivity (Wildman–Crippen MR) is 82.9 cm³/mol. The minimum atomic E-state index is -0.181. The van der Waals surface area contributed by atoms with Gasteiger partial charge in [0.1, 0.15) is 5.82 Å². The van der Waals surface area contributed by atoms with Crippen LogP contribution in [0.4, 0.5) is 4.39 Å². The van der Waals surface area contributed by atoms with Gasteiger partial charge >= 0.3 is 0 Å². The number of benzene rings is 1. The van der Waals surface area contributed by atoms with E-state index in [1.165, 1.54) is 6.07 Å². The number of rotatable bonds is 8. The summed E-state index contributed by atoms with van der Waals surface area (Å²) in [6.45, 7) is 4.56. The summed E-state index contributed by atoms with van der Waals surface area (Å²) >= 11 is 0. The van der Waals surface area contributed by atoms with Crippen molar-refractivity contribution in [1.29, 1.82) is 5.41 Å². The molecule has 0 saturated heterocycles. The fourth-order valence-electron chi connectivity index (χ4n) is 2.10. The second-order valence-electron chi connectivity index (χ2n) is 5.01. The number of halogens is 1. The van der Waals surface area contributed by atoms with Crippen LogP contribution in [0.2, 0.25) is 0 Å². The van der Waals surface area contributed by atoms with E-state index in [4.69, 9.17) is 10.1 Å². The number of hydrogen-bond donors (Lipinski definition) is 1. The Morgan fingerprint density at radius 2 is 2.10 bits per heavy atom. The van der Waals surface area contributed by atoms with Gasteiger partial charge in [-0.3, -0.25) is 0 Å². The molecule has 0 spiro atoms. The van der Waals surface area contributed by atoms with Crippen LogP contribution in [0.5, 0.6) is 0 Å². The second kappa shape index (κ2) is 8.64. The van der Waals surface area contributed by atoms with E-state index in [2.05, 4.69) is 6.92 Å². The molecule has 1 N–H and O–H groups in total. The molecule has 1 aromatic rings. The number of nitrogens with one attached hydrogen (secondary N) is 1. The van der Waals surface area contributed by atoms with Crippen LogP contribution in [-0.4, -0.2) is 19.4 Å². The van der Waals surface area contributed by atoms with Gasteiger partial charge in [-0.2, -0.15) is 0 Å². The Labute approximate surface area is 121 Å². The highest BCUT2D eigenvalue weighted by Crippen LogP contribution is 2.22. The first-order valence-corrected chi connectivity index (χ1v) is 7.12. The smallest absolute Gasteiger partial charge is 0.126 e. The Morgan fingerprint density at radius 1 is 1.35 bits per heavy atom. The van der Waals surface area contributed by atoms with E-state index in [1.807, 2.05) is 12.1 Å². The van der Waals surface area contributed by atoms with Gasteiger partial charge in [-0.25, -0.2) is 4.39 Å². The van der Waals surface area contributed by atoms with Gasteiger partial charge in [0.2, 0.25) is 0 Å². The van der Waals surface area contributed by atoms with Crippen LogP contribution in [-0.2, 0) is 4.74 Å². The molecular weight excluding hydrogens is 253 g/mol. The molecule has 1 rings (SSSR count). The molecule has 0 aliphatic rings. The Hall–Kier alpha value is -1.48. The van der Waals surface area contributed by atoms with Crippen molar-refractivity contribution < 1.29 is 9.13 Å². The first kappa shape index (κ1) is 16.6. The zero-order valence-corrected chi connectivity index (χ0v) is 12.6. The van der Waals surface area contributed by atoms with Gasteiger partial charge in [0.15, 0.2) is 0 Å². The summed E-state index contributed by atoms with van der Waals surface area (Å²) in [5.74, 6) is -0.181. The summed E-state index contributed by atoms with van der Waals surface area (Å²) in [6.07, 6.45) is 5.39. The first-order chi connectivity index (χ1) is 9.58. The van der Waals surface area contributed by atoms with Gasteiger partial charge in [-0.1, -0.05) is 19.4 Å². The number of aryl methyl sites for hydroxylation is 1. The zero-order valence-electron chi connectivity index (χ0n) is 12.6. The van der Waals surface area contributed by atoms with Crippen molar-refractivity contribution in [3.63, 3.8) is 0 Å². The van der Waals surface area contributed by atoms with Crippen LogP contribution in [0, 0.1) is 18.2 Å². The molecule has 0 aromatic heterocycles. The van der Waals surface area contributed by atoms with Crippen LogP contribution in [0.1, 0.15) is 43.7 Å². The van der Waals surface area contributed by atoms with E-state index >= 15 is 0 Å². The van der Waals surface area contributed by atoms with Crippen LogP contribution in [0.3, 0.4) is 0 Å². The monoisotopic (exact) mass is 277 g/mol. The lowest BCUT2D eigenvalue weighted by molar-refractivity contribution is 0.197. The largest absolute Gasteiger partial charge is 0.385 e. The molecule has 1 aromatic carbocycles. The van der Waals surface area contributed by atoms with Gasteiger partial charge in [0.05, 0.1) is 0 Å². The predicted octanol–water partition coefficient (Wildman–Crippen LogP) is 4.76. The van der Waals surface area contributed by atoms with Gasteiger partial charge in [-0.05, 0) is 61.1 Å². The fraction of sp³-hybridized carbons (Fsp3) is 0.471. The Kier molecular flexibility index (Phi) is 7.16. The van der Waals surface area contributed by atoms with Crippen LogP contribution < -0.4 is 0 Å². The third-order valence-electron chi connectivity index (χ3n) is 3.19. The molecule has 0 amide bonds. The average Bonchev–Trinajstić information content (AvgIpc) is 2.42. The van der Waals surface area contributed by atoms with E-state index in [9.17, 15) is 4.39 Å². The van der Waals surface area contributed by atoms with Gasteiger partial charge in [-0.15, -0.1) is 0 Å². The first-order valence-electron chi connectivity index (χ1n) is 7.12. The molecule has 0 unspecified atom stereocenters. The maximum Gasteiger partial charge on any atom is 0.126 e. The Balaban J connectivity index is 2.86. The van der Waals surface area contributed by atoms with Crippen molar-refractivity contribution in [2.75, 3.05) is 13.7 Å². The van der Waals surface area contributed by atoms with Crippen LogP contribution in [0.25, 0.3) is 5.57 Å². The van der Waals surface area contributed by atoms with Gasteiger partial charge in [0.25, 0.3) is 0 Å². The fourth-order valence-corrected chi connectivity index (χ4v) is 2.10. The molecule has 0 saturated carbocycles. The summed E-state index contributed by atoms with van der Waals surface area (Å²) in [5, 5.41) is 8.02. The highest BCUT2D eigenvalue weighted by Gasteiger charge is 2.05. The lowest BCUT2D eigenvalue weighted by Crippen LogP contribution is -1.98. The molecule has 0 fully saturated rings. The van der Waals surface area contributed by atoms with Crippen molar-refractivity contribution in [2.45, 2.75) is 39.5 Å². The maximum absolute atomic E-state index is 13.3. The number of ether oxygens (including phenoxy) is 1. The van der Waals surface area contributed by atoms with E-state index in [0.717, 1.165) is 30.4 Å². The molecule has 2 nitrogen and oxygen atoms in total. The normalized spacial score (nSPS) is 11.7. The van der Waals surface area contributed by atoms with Crippen molar-refractivity contribution in [1.82, 2.24) is 0 Å². The minimum absolute atomic E-state index is 0.181. The highest BCUT2D eigenvalue weighted by atomic mass is 19.1. The lowest BCUT2D eigenvalue weighted by Gasteiger charge is -2.09. The molecule has 110 valence electrons. The summed E-state index contributed by atoms with van der Waals surface area (Å²) in [5.41, 5.74) is 3.38. The second-order valence-corrected chi connectivity index (χ2v) is 5.01. The van der Waals surface area contributed by atoms with Gasteiger partial charge < -0.3 is 10.1 Å². The molecular formula is C17H24FNO. The quantitative estimate of drug-likeness (QED) is 0.539. The van der Waals surface area contributed by atoms with E-state index in [-0.39, 0.29) is 5.82 Å². The molecule has 0 aliphatic heterocycles. The molecule has 0 heterocycles. The Bertz CT molecular complexity index is 480. The molecule has 0 bridgehead atoms. The number of methoxy groups -OCH3 is 1. The topological polar surface area (TPSA) is 33.1 Å². The SMILES string of the molecule is CCC/C(=C\C(=N)CCCOC)c1ccc(F)c(C)c1. The third kappa shape index (κ3) is 5.25. The number of allylic oxidation sites excluding steroid dienone is 2. The Morgan fingerprint density at radius 3 is 2.70 bits per heavy atom. The van der Waals surface area contributed by atoms with Crippen molar-refractivity contribution in [3.8, 4) is 0 Å². The summed E-state index contributed by atoms with van der Waals surface area (Å²) < 4.78 is 18.3. The lowest BCUT2D eigenvalue weighted by atomic mass is 9.97. The van der Waals surface area contributed by atoms with E-state index in [1.54, 1.807) is 20.1 Å². The standard InChI is InChI=1S/C17H24FNO/c1-4-6-14(12-16(19)7-5-10-20-3)15-8-9-17(18)13(2)11-15/h8-9,11-12,19H,4-7,10H2,1-3H3/b14-12+,19-16?. The van der Waals surface area contributed by atoms with E-state index in [0.29, 0.717) is 24.3 Å². The molecule has 3 heteroatoms. The van der Waals surface area contributed by atoms with Crippen LogP contribution >= 0.6 is 0 Å². The molecule has 0 radical (unpaired) electrons. The van der Waals surface area contributed by atoms with E-state index < -0.39 is 0 Å². The van der Waals surface area contributed by atoms with Crippen molar-refractivity contribution in [2.24, 2.45) is 0 Å². The summed E-state index contributed by atoms with van der Waals surface area (Å²) in [6, 6.07) is 5.16. The third-order valence-corrected chi connectivity index (χ3v) is 3.19. The summed E-state index contributed by atoms with van der Waals surface area (Å²) in [4.78, 5) is 0. The molecule has 20 heavy (non-hydrogen) atoms. The minimum Gasteiger partial charge on any atom is -0.385 e. The maximum atomic E-state index is 13.3. The summed E-state index contributed by atoms with van der Waals surface area (Å²) in [7, 11) is 1.67.